The van der Waals surface area contributed by atoms with Crippen molar-refractivity contribution in [2.75, 3.05) is 13.2 Å². The molecule has 3 saturated heterocycles. The van der Waals surface area contributed by atoms with Crippen LogP contribution in [0.2, 0.25) is 0 Å². The lowest BCUT2D eigenvalue weighted by molar-refractivity contribution is -0.147. The Hall–Kier alpha value is -2.53. The van der Waals surface area contributed by atoms with E-state index in [4.69, 9.17) is 14.2 Å². The summed E-state index contributed by atoms with van der Waals surface area (Å²) in [7, 11) is 0. The molecular weight excluding hydrogens is 550 g/mol. The maximum Gasteiger partial charge on any atom is 0.245 e. The van der Waals surface area contributed by atoms with E-state index >= 15 is 0 Å². The highest BCUT2D eigenvalue weighted by Crippen LogP contribution is 2.43. The summed E-state index contributed by atoms with van der Waals surface area (Å²) in [6.45, 7) is 14.4. The van der Waals surface area contributed by atoms with Crippen LogP contribution >= 0.6 is 0 Å². The van der Waals surface area contributed by atoms with Gasteiger partial charge in [0.25, 0.3) is 0 Å². The molecule has 0 radical (unpaired) electrons. The molecule has 0 aromatic rings. The molecule has 0 aliphatic carbocycles. The highest BCUT2D eigenvalue weighted by molar-refractivity contribution is 5.90. The number of allylic oxidation sites excluding steroid dienone is 3. The minimum absolute atomic E-state index is 0.0218. The van der Waals surface area contributed by atoms with Gasteiger partial charge < -0.3 is 35.3 Å². The normalized spacial score (nSPS) is 33.1. The van der Waals surface area contributed by atoms with Crippen LogP contribution in [0.25, 0.3) is 0 Å². The van der Waals surface area contributed by atoms with Crippen LogP contribution in [0.15, 0.2) is 36.0 Å². The first-order chi connectivity index (χ1) is 20.3. The number of aliphatic hydroxyl groups is 1. The summed E-state index contributed by atoms with van der Waals surface area (Å²) in [6.07, 6.45) is 11.0. The zero-order chi connectivity index (χ0) is 31.8. The lowest BCUT2D eigenvalue weighted by atomic mass is 9.87. The van der Waals surface area contributed by atoms with Gasteiger partial charge in [-0.2, -0.15) is 0 Å². The largest absolute Gasteiger partial charge is 0.387 e. The molecule has 0 unspecified atom stereocenters. The van der Waals surface area contributed by atoms with Gasteiger partial charge in [-0.3, -0.25) is 14.4 Å². The van der Waals surface area contributed by atoms with Crippen LogP contribution in [-0.4, -0.2) is 83.7 Å². The molecule has 3 rings (SSSR count). The summed E-state index contributed by atoms with van der Waals surface area (Å²) in [4.78, 5) is 37.4. The predicted octanol–water partition coefficient (Wildman–Crippen LogP) is 3.24. The summed E-state index contributed by atoms with van der Waals surface area (Å²) in [5.41, 5.74) is -0.748. The van der Waals surface area contributed by atoms with Gasteiger partial charge in [0.15, 0.2) is 0 Å². The number of aliphatic hydroxyl groups excluding tert-OH is 1. The zero-order valence-corrected chi connectivity index (χ0v) is 27.0. The summed E-state index contributed by atoms with van der Waals surface area (Å²) in [5, 5.41) is 19.7. The fourth-order valence-electron chi connectivity index (χ4n) is 5.71. The molecule has 3 aliphatic heterocycles. The van der Waals surface area contributed by atoms with Crippen molar-refractivity contribution in [3.05, 3.63) is 36.0 Å². The molecule has 3 aliphatic rings. The number of carbonyl (C=O) groups is 3. The van der Waals surface area contributed by atoms with Crippen LogP contribution in [0.5, 0.6) is 0 Å². The summed E-state index contributed by atoms with van der Waals surface area (Å²) in [5.74, 6) is -0.333. The third kappa shape index (κ3) is 9.99. The van der Waals surface area contributed by atoms with Gasteiger partial charge >= 0.3 is 0 Å². The van der Waals surface area contributed by atoms with E-state index in [2.05, 4.69) is 29.0 Å². The molecule has 0 bridgehead atoms. The molecule has 1 spiro atoms. The van der Waals surface area contributed by atoms with E-state index in [9.17, 15) is 19.5 Å². The summed E-state index contributed by atoms with van der Waals surface area (Å²) >= 11 is 0. The average molecular weight is 604 g/mol. The lowest BCUT2D eigenvalue weighted by Crippen LogP contribution is -2.56. The number of epoxide rings is 1. The van der Waals surface area contributed by atoms with Crippen LogP contribution in [0.1, 0.15) is 87.0 Å². The molecule has 0 aromatic heterocycles. The SMILES string of the molecule is CC/C=C\C(=O)N[C@@H]1C[C@H](C)[C@H](C/C=C(C)/C=C/[C@H]2O[C@H](CC(=O)NC(C)(C)C(=O)NCCC)C[C@@]3(CO3)[C@@H]2O)O[C@@H]1C. The quantitative estimate of drug-likeness (QED) is 0.144. The molecule has 0 saturated carbocycles. The van der Waals surface area contributed by atoms with Crippen LogP contribution in [0.3, 0.4) is 0 Å². The molecule has 10 heteroatoms. The molecule has 3 heterocycles. The van der Waals surface area contributed by atoms with Crippen molar-refractivity contribution in [3.8, 4) is 0 Å². The van der Waals surface area contributed by atoms with Gasteiger partial charge in [0.2, 0.25) is 17.7 Å². The van der Waals surface area contributed by atoms with Gasteiger partial charge in [-0.25, -0.2) is 0 Å². The second-order valence-corrected chi connectivity index (χ2v) is 12.9. The number of ether oxygens (including phenoxy) is 3. The second kappa shape index (κ2) is 15.5. The van der Waals surface area contributed by atoms with E-state index in [0.29, 0.717) is 19.6 Å². The summed E-state index contributed by atoms with van der Waals surface area (Å²) < 4.78 is 18.1. The van der Waals surface area contributed by atoms with E-state index in [0.717, 1.165) is 31.3 Å². The highest BCUT2D eigenvalue weighted by Gasteiger charge is 2.58. The van der Waals surface area contributed by atoms with Crippen molar-refractivity contribution in [1.29, 1.82) is 0 Å². The first-order valence-electron chi connectivity index (χ1n) is 15.8. The van der Waals surface area contributed by atoms with Gasteiger partial charge in [0.1, 0.15) is 23.3 Å². The molecule has 43 heavy (non-hydrogen) atoms. The zero-order valence-electron chi connectivity index (χ0n) is 27.0. The number of nitrogens with one attached hydrogen (secondary N) is 3. The van der Waals surface area contributed by atoms with Crippen molar-refractivity contribution >= 4 is 17.7 Å². The fraction of sp³-hybridized carbons (Fsp3) is 0.727. The lowest BCUT2D eigenvalue weighted by Gasteiger charge is -2.39. The van der Waals surface area contributed by atoms with Gasteiger partial charge in [0, 0.05) is 13.0 Å². The fourth-order valence-corrected chi connectivity index (χ4v) is 5.71. The molecule has 8 atom stereocenters. The van der Waals surface area contributed by atoms with Gasteiger partial charge in [-0.15, -0.1) is 0 Å². The molecule has 3 amide bonds. The number of hydrogen-bond donors (Lipinski definition) is 4. The molecule has 242 valence electrons. The van der Waals surface area contributed by atoms with Crippen LogP contribution in [0, 0.1) is 5.92 Å². The van der Waals surface area contributed by atoms with Crippen molar-refractivity contribution < 1.29 is 33.7 Å². The maximum atomic E-state index is 12.9. The number of hydrogen-bond acceptors (Lipinski definition) is 7. The van der Waals surface area contributed by atoms with Crippen LogP contribution in [-0.2, 0) is 28.6 Å². The Morgan fingerprint density at radius 3 is 2.49 bits per heavy atom. The van der Waals surface area contributed by atoms with Crippen LogP contribution < -0.4 is 16.0 Å². The van der Waals surface area contributed by atoms with E-state index in [1.54, 1.807) is 19.9 Å². The standard InChI is InChI=1S/C33H53N3O7/c1-8-10-11-28(37)35-25-17-22(4)26(42-23(25)5)14-12-21(3)13-15-27-30(39)33(20-41-33)19-24(43-27)18-29(38)36-32(6,7)31(40)34-16-9-2/h10-13,15,22-27,30,39H,8-9,14,16-20H2,1-7H3,(H,34,40)(H,35,37)(H,36,38)/b11-10-,15-13+,21-12+/t22-,23+,24+,25+,26-,27+,30+,33+/m0/s1. The van der Waals surface area contributed by atoms with Crippen molar-refractivity contribution in [3.63, 3.8) is 0 Å². The third-order valence-corrected chi connectivity index (χ3v) is 8.53. The van der Waals surface area contributed by atoms with Crippen LogP contribution in [0.4, 0.5) is 0 Å². The Labute approximate surface area is 257 Å². The molecule has 4 N–H and O–H groups in total. The number of rotatable bonds is 13. The van der Waals surface area contributed by atoms with Gasteiger partial charge in [0.05, 0.1) is 37.4 Å². The number of carbonyl (C=O) groups excluding carboxylic acids is 3. The van der Waals surface area contributed by atoms with Gasteiger partial charge in [-0.1, -0.05) is 50.6 Å². The summed E-state index contributed by atoms with van der Waals surface area (Å²) in [6, 6.07) is -0.0218. The van der Waals surface area contributed by atoms with E-state index < -0.39 is 29.5 Å². The van der Waals surface area contributed by atoms with Gasteiger partial charge in [-0.05, 0) is 65.4 Å². The molecule has 3 fully saturated rings. The minimum Gasteiger partial charge on any atom is -0.387 e. The second-order valence-electron chi connectivity index (χ2n) is 12.9. The topological polar surface area (TPSA) is 139 Å². The Balaban J connectivity index is 1.54. The van der Waals surface area contributed by atoms with E-state index in [-0.39, 0.29) is 48.3 Å². The van der Waals surface area contributed by atoms with E-state index in [1.165, 1.54) is 0 Å². The number of amides is 3. The minimum atomic E-state index is -1.05. The molecule has 10 nitrogen and oxygen atoms in total. The average Bonchev–Trinajstić information content (AvgIpc) is 3.72. The monoisotopic (exact) mass is 603 g/mol. The Morgan fingerprint density at radius 2 is 1.84 bits per heavy atom. The van der Waals surface area contributed by atoms with Crippen molar-refractivity contribution in [1.82, 2.24) is 16.0 Å². The third-order valence-electron chi connectivity index (χ3n) is 8.53. The Bertz CT molecular complexity index is 1060. The highest BCUT2D eigenvalue weighted by atomic mass is 16.6. The van der Waals surface area contributed by atoms with Crippen molar-refractivity contribution in [2.24, 2.45) is 5.92 Å². The Kier molecular flexibility index (Phi) is 12.6. The first-order valence-corrected chi connectivity index (χ1v) is 15.8. The molecular formula is C33H53N3O7. The molecule has 0 aromatic carbocycles. The van der Waals surface area contributed by atoms with E-state index in [1.807, 2.05) is 45.9 Å². The smallest absolute Gasteiger partial charge is 0.245 e. The maximum absolute atomic E-state index is 12.9. The first kappa shape index (κ1) is 35.0. The van der Waals surface area contributed by atoms with Crippen molar-refractivity contribution in [2.45, 2.75) is 135 Å². The predicted molar refractivity (Wildman–Crippen MR) is 165 cm³/mol. The Morgan fingerprint density at radius 1 is 1.12 bits per heavy atom.